The van der Waals surface area contributed by atoms with E-state index in [4.69, 9.17) is 10.8 Å². The van der Waals surface area contributed by atoms with Crippen LogP contribution < -0.4 is 11.4 Å². The van der Waals surface area contributed by atoms with Gasteiger partial charge >= 0.3 is 11.7 Å². The van der Waals surface area contributed by atoms with Crippen LogP contribution in [0.4, 0.5) is 5.82 Å². The van der Waals surface area contributed by atoms with Crippen molar-refractivity contribution in [1.29, 1.82) is 0 Å². The minimum absolute atomic E-state index is 0.0900. The van der Waals surface area contributed by atoms with E-state index in [1.54, 1.807) is 13.8 Å². The molecule has 0 saturated heterocycles. The van der Waals surface area contributed by atoms with E-state index >= 15 is 0 Å². The number of H-pyrrole nitrogens is 1. The number of carboxylic acids is 1. The molecule has 0 aliphatic heterocycles. The molecule has 0 aliphatic carbocycles. The normalized spacial score (nSPS) is 11.3. The lowest BCUT2D eigenvalue weighted by molar-refractivity contribution is -0.138. The van der Waals surface area contributed by atoms with Crippen LogP contribution in [0.1, 0.15) is 26.0 Å². The predicted octanol–water partition coefficient (Wildman–Crippen LogP) is 0.104. The van der Waals surface area contributed by atoms with Gasteiger partial charge in [0, 0.05) is 17.2 Å². The Morgan fingerprint density at radius 2 is 2.27 bits per heavy atom. The Balaban J connectivity index is 3.14. The van der Waals surface area contributed by atoms with Crippen LogP contribution in [0, 0.1) is 0 Å². The second kappa shape index (κ2) is 3.72. The van der Waals surface area contributed by atoms with Crippen molar-refractivity contribution >= 4 is 11.8 Å². The molecule has 0 spiro atoms. The van der Waals surface area contributed by atoms with Gasteiger partial charge in [-0.05, 0) is 0 Å². The van der Waals surface area contributed by atoms with Crippen LogP contribution in [-0.2, 0) is 10.2 Å². The fourth-order valence-corrected chi connectivity index (χ4v) is 1.31. The standard InChI is InChI=1S/C9H13N3O3/c1-9(2,4-7(13)14)5-3-6(10)12-8(15)11-5/h3H,4H2,1-2H3,(H,13,14)(H3,10,11,12,15). The molecule has 0 bridgehead atoms. The maximum atomic E-state index is 11.0. The van der Waals surface area contributed by atoms with E-state index in [-0.39, 0.29) is 12.2 Å². The number of anilines is 1. The smallest absolute Gasteiger partial charge is 0.347 e. The maximum Gasteiger partial charge on any atom is 0.347 e. The van der Waals surface area contributed by atoms with Crippen LogP contribution in [0.15, 0.2) is 10.9 Å². The maximum absolute atomic E-state index is 11.0. The first-order chi connectivity index (χ1) is 6.81. The van der Waals surface area contributed by atoms with Crippen LogP contribution in [0.2, 0.25) is 0 Å². The monoisotopic (exact) mass is 211 g/mol. The van der Waals surface area contributed by atoms with E-state index in [2.05, 4.69) is 9.97 Å². The zero-order chi connectivity index (χ0) is 11.6. The van der Waals surface area contributed by atoms with E-state index in [1.807, 2.05) is 0 Å². The second-order valence-corrected chi connectivity index (χ2v) is 3.98. The van der Waals surface area contributed by atoms with Crippen LogP contribution in [0.5, 0.6) is 0 Å². The van der Waals surface area contributed by atoms with E-state index in [9.17, 15) is 9.59 Å². The highest BCUT2D eigenvalue weighted by atomic mass is 16.4. The van der Waals surface area contributed by atoms with Crippen molar-refractivity contribution in [2.75, 3.05) is 5.73 Å². The van der Waals surface area contributed by atoms with Crippen molar-refractivity contribution in [3.63, 3.8) is 0 Å². The third-order valence-electron chi connectivity index (χ3n) is 2.09. The number of carbonyl (C=O) groups is 1. The summed E-state index contributed by atoms with van der Waals surface area (Å²) in [5.41, 5.74) is 4.64. The molecule has 1 aromatic heterocycles. The lowest BCUT2D eigenvalue weighted by atomic mass is 9.85. The minimum Gasteiger partial charge on any atom is -0.481 e. The molecular formula is C9H13N3O3. The highest BCUT2D eigenvalue weighted by molar-refractivity contribution is 5.68. The van der Waals surface area contributed by atoms with E-state index < -0.39 is 17.1 Å². The molecule has 6 nitrogen and oxygen atoms in total. The Bertz CT molecular complexity index is 436. The summed E-state index contributed by atoms with van der Waals surface area (Å²) in [6.45, 7) is 3.43. The lowest BCUT2D eigenvalue weighted by Crippen LogP contribution is -2.27. The van der Waals surface area contributed by atoms with Gasteiger partial charge in [0.15, 0.2) is 0 Å². The zero-order valence-corrected chi connectivity index (χ0v) is 8.57. The summed E-state index contributed by atoms with van der Waals surface area (Å²) in [5, 5.41) is 8.71. The first kappa shape index (κ1) is 11.2. The fourth-order valence-electron chi connectivity index (χ4n) is 1.31. The molecule has 15 heavy (non-hydrogen) atoms. The average molecular weight is 211 g/mol. The molecule has 0 fully saturated rings. The molecule has 0 saturated carbocycles. The number of aromatic nitrogens is 2. The van der Waals surface area contributed by atoms with Gasteiger partial charge in [-0.1, -0.05) is 13.8 Å². The Hall–Kier alpha value is -1.85. The van der Waals surface area contributed by atoms with Gasteiger partial charge in [-0.25, -0.2) is 4.79 Å². The molecule has 1 heterocycles. The molecule has 4 N–H and O–H groups in total. The summed E-state index contributed by atoms with van der Waals surface area (Å²) in [6.07, 6.45) is -0.0909. The van der Waals surface area contributed by atoms with E-state index in [1.165, 1.54) is 6.07 Å². The molecule has 0 radical (unpaired) electrons. The van der Waals surface area contributed by atoms with Gasteiger partial charge in [0.2, 0.25) is 0 Å². The summed E-state index contributed by atoms with van der Waals surface area (Å²) < 4.78 is 0. The largest absolute Gasteiger partial charge is 0.481 e. The molecule has 82 valence electrons. The molecule has 0 unspecified atom stereocenters. The lowest BCUT2D eigenvalue weighted by Gasteiger charge is -2.22. The van der Waals surface area contributed by atoms with Crippen molar-refractivity contribution in [1.82, 2.24) is 9.97 Å². The summed E-state index contributed by atoms with van der Waals surface area (Å²) in [4.78, 5) is 27.6. The number of nitrogen functional groups attached to an aromatic ring is 1. The highest BCUT2D eigenvalue weighted by Crippen LogP contribution is 2.24. The average Bonchev–Trinajstić information content (AvgIpc) is 1.99. The number of nitrogens with one attached hydrogen (secondary N) is 1. The van der Waals surface area contributed by atoms with Gasteiger partial charge in [-0.3, -0.25) is 4.79 Å². The summed E-state index contributed by atoms with van der Waals surface area (Å²) in [5.74, 6) is -0.844. The molecule has 0 amide bonds. The molecule has 0 atom stereocenters. The SMILES string of the molecule is CC(C)(CC(=O)O)c1cc(N)nc(=O)[nH]1. The number of hydrogen-bond donors (Lipinski definition) is 3. The number of nitrogens with zero attached hydrogens (tertiary/aromatic N) is 1. The summed E-state index contributed by atoms with van der Waals surface area (Å²) in [6, 6.07) is 1.48. The van der Waals surface area contributed by atoms with Crippen LogP contribution in [0.25, 0.3) is 0 Å². The van der Waals surface area contributed by atoms with Crippen molar-refractivity contribution in [3.05, 3.63) is 22.2 Å². The van der Waals surface area contributed by atoms with Gasteiger partial charge in [0.25, 0.3) is 0 Å². The second-order valence-electron chi connectivity index (χ2n) is 3.98. The van der Waals surface area contributed by atoms with E-state index in [0.29, 0.717) is 5.69 Å². The van der Waals surface area contributed by atoms with Crippen molar-refractivity contribution in [2.24, 2.45) is 0 Å². The van der Waals surface area contributed by atoms with Gasteiger partial charge in [0.05, 0.1) is 6.42 Å². The number of carboxylic acid groups (broad SMARTS) is 1. The highest BCUT2D eigenvalue weighted by Gasteiger charge is 2.25. The number of hydrogen-bond acceptors (Lipinski definition) is 4. The van der Waals surface area contributed by atoms with Crippen molar-refractivity contribution in [2.45, 2.75) is 25.7 Å². The number of rotatable bonds is 3. The van der Waals surface area contributed by atoms with Crippen LogP contribution in [-0.4, -0.2) is 21.0 Å². The van der Waals surface area contributed by atoms with Crippen molar-refractivity contribution < 1.29 is 9.90 Å². The van der Waals surface area contributed by atoms with Gasteiger partial charge in [0.1, 0.15) is 5.82 Å². The summed E-state index contributed by atoms with van der Waals surface area (Å²) >= 11 is 0. The predicted molar refractivity (Wildman–Crippen MR) is 54.5 cm³/mol. The summed E-state index contributed by atoms with van der Waals surface area (Å²) in [7, 11) is 0. The number of aromatic amines is 1. The molecule has 1 rings (SSSR count). The topological polar surface area (TPSA) is 109 Å². The molecule has 6 heteroatoms. The minimum atomic E-state index is -0.934. The molecule has 0 aliphatic rings. The van der Waals surface area contributed by atoms with Gasteiger partial charge in [-0.15, -0.1) is 0 Å². The third kappa shape index (κ3) is 2.80. The van der Waals surface area contributed by atoms with E-state index in [0.717, 1.165) is 0 Å². The Morgan fingerprint density at radius 1 is 1.67 bits per heavy atom. The first-order valence-electron chi connectivity index (χ1n) is 4.40. The van der Waals surface area contributed by atoms with Gasteiger partial charge in [-0.2, -0.15) is 4.98 Å². The van der Waals surface area contributed by atoms with Crippen LogP contribution >= 0.6 is 0 Å². The Morgan fingerprint density at radius 3 is 2.73 bits per heavy atom. The van der Waals surface area contributed by atoms with Crippen LogP contribution in [0.3, 0.4) is 0 Å². The van der Waals surface area contributed by atoms with Gasteiger partial charge < -0.3 is 15.8 Å². The Labute approximate surface area is 86.2 Å². The fraction of sp³-hybridized carbons (Fsp3) is 0.444. The quantitative estimate of drug-likeness (QED) is 0.657. The number of nitrogens with two attached hydrogens (primary N) is 1. The zero-order valence-electron chi connectivity index (χ0n) is 8.57. The Kier molecular flexibility index (Phi) is 2.78. The molecule has 0 aromatic carbocycles. The van der Waals surface area contributed by atoms with Crippen molar-refractivity contribution in [3.8, 4) is 0 Å². The first-order valence-corrected chi connectivity index (χ1v) is 4.40. The third-order valence-corrected chi connectivity index (χ3v) is 2.09. The molecule has 1 aromatic rings. The number of aliphatic carboxylic acids is 1. The molecular weight excluding hydrogens is 198 g/mol.